The summed E-state index contributed by atoms with van der Waals surface area (Å²) in [5, 5.41) is 0. The molecule has 29 heavy (non-hydrogen) atoms. The van der Waals surface area contributed by atoms with E-state index in [1.165, 1.54) is 4.90 Å². The maximum atomic E-state index is 13.4. The third-order valence-electron chi connectivity index (χ3n) is 5.13. The predicted octanol–water partition coefficient (Wildman–Crippen LogP) is 3.01. The van der Waals surface area contributed by atoms with Crippen molar-refractivity contribution in [3.63, 3.8) is 0 Å². The summed E-state index contributed by atoms with van der Waals surface area (Å²) < 4.78 is 10.9. The Kier molecular flexibility index (Phi) is 5.36. The number of nitrogens with zero attached hydrogens (tertiary/aromatic N) is 2. The first-order valence-corrected chi connectivity index (χ1v) is 9.86. The van der Waals surface area contributed by atoms with Crippen LogP contribution in [0.25, 0.3) is 5.57 Å². The van der Waals surface area contributed by atoms with Crippen LogP contribution in [-0.4, -0.2) is 49.6 Å². The first-order valence-electron chi connectivity index (χ1n) is 9.86. The first kappa shape index (κ1) is 19.2. The van der Waals surface area contributed by atoms with E-state index in [0.717, 1.165) is 11.3 Å². The van der Waals surface area contributed by atoms with Crippen LogP contribution < -0.4 is 9.64 Å². The second kappa shape index (κ2) is 8.09. The topological polar surface area (TPSA) is 59.1 Å². The second-order valence-corrected chi connectivity index (χ2v) is 7.06. The van der Waals surface area contributed by atoms with Gasteiger partial charge in [-0.2, -0.15) is 0 Å². The lowest BCUT2D eigenvalue weighted by Gasteiger charge is -2.29. The Morgan fingerprint density at radius 1 is 0.931 bits per heavy atom. The van der Waals surface area contributed by atoms with Gasteiger partial charge in [0, 0.05) is 13.1 Å². The van der Waals surface area contributed by atoms with Crippen LogP contribution in [0.5, 0.6) is 5.75 Å². The summed E-state index contributed by atoms with van der Waals surface area (Å²) in [5.41, 5.74) is 3.24. The zero-order valence-corrected chi connectivity index (χ0v) is 16.7. The monoisotopic (exact) mass is 392 g/mol. The Bertz CT molecular complexity index is 942. The third-order valence-corrected chi connectivity index (χ3v) is 5.13. The Morgan fingerprint density at radius 2 is 1.59 bits per heavy atom. The van der Waals surface area contributed by atoms with Crippen molar-refractivity contribution in [3.05, 3.63) is 65.4 Å². The van der Waals surface area contributed by atoms with Crippen LogP contribution in [0.4, 0.5) is 5.69 Å². The van der Waals surface area contributed by atoms with Crippen LogP contribution in [-0.2, 0) is 14.3 Å². The zero-order valence-electron chi connectivity index (χ0n) is 16.7. The minimum Gasteiger partial charge on any atom is -0.494 e. The van der Waals surface area contributed by atoms with E-state index in [9.17, 15) is 9.59 Å². The molecular weight excluding hydrogens is 368 g/mol. The number of hydrogen-bond donors (Lipinski definition) is 0. The molecule has 0 N–H and O–H groups in total. The van der Waals surface area contributed by atoms with Gasteiger partial charge in [0.1, 0.15) is 11.4 Å². The van der Waals surface area contributed by atoms with Crippen molar-refractivity contribution in [1.82, 2.24) is 4.90 Å². The molecule has 2 heterocycles. The number of carbonyl (C=O) groups is 2. The molecule has 0 spiro atoms. The van der Waals surface area contributed by atoms with Crippen molar-refractivity contribution >= 4 is 23.1 Å². The van der Waals surface area contributed by atoms with Gasteiger partial charge in [-0.15, -0.1) is 0 Å². The maximum absolute atomic E-state index is 13.4. The van der Waals surface area contributed by atoms with Crippen molar-refractivity contribution in [3.8, 4) is 5.75 Å². The van der Waals surface area contributed by atoms with Gasteiger partial charge in [0.15, 0.2) is 0 Å². The summed E-state index contributed by atoms with van der Waals surface area (Å²) in [7, 11) is 0. The Morgan fingerprint density at radius 3 is 2.21 bits per heavy atom. The lowest BCUT2D eigenvalue weighted by Crippen LogP contribution is -2.40. The van der Waals surface area contributed by atoms with E-state index in [2.05, 4.69) is 0 Å². The molecule has 0 unspecified atom stereocenters. The van der Waals surface area contributed by atoms with E-state index < -0.39 is 0 Å². The van der Waals surface area contributed by atoms with Gasteiger partial charge in [0.2, 0.25) is 0 Å². The number of amides is 2. The van der Waals surface area contributed by atoms with Crippen LogP contribution >= 0.6 is 0 Å². The summed E-state index contributed by atoms with van der Waals surface area (Å²) in [6.07, 6.45) is 0. The Hall–Kier alpha value is -3.12. The molecule has 0 radical (unpaired) electrons. The summed E-state index contributed by atoms with van der Waals surface area (Å²) in [5.74, 6) is 0.145. The number of aryl methyl sites for hydroxylation is 1. The SMILES string of the molecule is CCOc1ccc(C2=C(N3CCOCC3)C(=O)N(c3ccc(C)cc3)C2=O)cc1. The number of anilines is 1. The van der Waals surface area contributed by atoms with E-state index >= 15 is 0 Å². The molecule has 1 saturated heterocycles. The fraction of sp³-hybridized carbons (Fsp3) is 0.304. The zero-order chi connectivity index (χ0) is 20.4. The van der Waals surface area contributed by atoms with Crippen molar-refractivity contribution in [2.45, 2.75) is 13.8 Å². The third kappa shape index (κ3) is 3.63. The molecule has 0 aromatic heterocycles. The highest BCUT2D eigenvalue weighted by Crippen LogP contribution is 2.35. The maximum Gasteiger partial charge on any atom is 0.282 e. The summed E-state index contributed by atoms with van der Waals surface area (Å²) in [4.78, 5) is 30.1. The lowest BCUT2D eigenvalue weighted by molar-refractivity contribution is -0.121. The van der Waals surface area contributed by atoms with Gasteiger partial charge in [-0.05, 0) is 43.7 Å². The number of benzene rings is 2. The molecule has 2 amide bonds. The number of ether oxygens (including phenoxy) is 2. The van der Waals surface area contributed by atoms with E-state index in [1.807, 2.05) is 67.3 Å². The van der Waals surface area contributed by atoms with E-state index in [-0.39, 0.29) is 11.8 Å². The minimum atomic E-state index is -0.301. The Balaban J connectivity index is 1.77. The van der Waals surface area contributed by atoms with Crippen LogP contribution in [0, 0.1) is 6.92 Å². The van der Waals surface area contributed by atoms with Gasteiger partial charge in [-0.3, -0.25) is 9.59 Å². The number of rotatable bonds is 5. The largest absolute Gasteiger partial charge is 0.494 e. The van der Waals surface area contributed by atoms with E-state index in [1.54, 1.807) is 0 Å². The molecule has 6 heteroatoms. The van der Waals surface area contributed by atoms with Crippen molar-refractivity contribution in [2.24, 2.45) is 0 Å². The predicted molar refractivity (Wildman–Crippen MR) is 111 cm³/mol. The molecule has 0 bridgehead atoms. The highest BCUT2D eigenvalue weighted by atomic mass is 16.5. The minimum absolute atomic E-state index is 0.287. The van der Waals surface area contributed by atoms with Crippen LogP contribution in [0.3, 0.4) is 0 Å². The fourth-order valence-electron chi connectivity index (χ4n) is 3.67. The van der Waals surface area contributed by atoms with Crippen LogP contribution in [0.1, 0.15) is 18.1 Å². The highest BCUT2D eigenvalue weighted by Gasteiger charge is 2.42. The van der Waals surface area contributed by atoms with Crippen molar-refractivity contribution in [2.75, 3.05) is 37.8 Å². The van der Waals surface area contributed by atoms with Crippen LogP contribution in [0.15, 0.2) is 54.2 Å². The smallest absolute Gasteiger partial charge is 0.282 e. The van der Waals surface area contributed by atoms with Crippen molar-refractivity contribution < 1.29 is 19.1 Å². The van der Waals surface area contributed by atoms with E-state index in [4.69, 9.17) is 9.47 Å². The normalized spacial score (nSPS) is 17.3. The Labute approximate surface area is 170 Å². The fourth-order valence-corrected chi connectivity index (χ4v) is 3.67. The van der Waals surface area contributed by atoms with E-state index in [0.29, 0.717) is 55.4 Å². The standard InChI is InChI=1S/C23H24N2O4/c1-3-29-19-10-6-17(7-11-19)20-21(24-12-14-28-15-13-24)23(27)25(22(20)26)18-8-4-16(2)5-9-18/h4-11H,3,12-15H2,1-2H3. The van der Waals surface area contributed by atoms with Crippen molar-refractivity contribution in [1.29, 1.82) is 0 Å². The van der Waals surface area contributed by atoms with Gasteiger partial charge in [-0.1, -0.05) is 29.8 Å². The van der Waals surface area contributed by atoms with Gasteiger partial charge in [-0.25, -0.2) is 4.90 Å². The average molecular weight is 392 g/mol. The molecule has 6 nitrogen and oxygen atoms in total. The van der Waals surface area contributed by atoms with Crippen LogP contribution in [0.2, 0.25) is 0 Å². The first-order chi connectivity index (χ1) is 14.1. The van der Waals surface area contributed by atoms with Gasteiger partial charge >= 0.3 is 0 Å². The number of imide groups is 1. The lowest BCUT2D eigenvalue weighted by atomic mass is 10.0. The molecule has 2 aromatic carbocycles. The summed E-state index contributed by atoms with van der Waals surface area (Å²) in [6, 6.07) is 14.8. The number of carbonyl (C=O) groups excluding carboxylic acids is 2. The quantitative estimate of drug-likeness (QED) is 0.732. The molecule has 2 aliphatic heterocycles. The molecule has 0 saturated carbocycles. The van der Waals surface area contributed by atoms with Gasteiger partial charge in [0.05, 0.1) is 31.1 Å². The molecule has 2 aromatic rings. The molecule has 0 atom stereocenters. The highest BCUT2D eigenvalue weighted by molar-refractivity contribution is 6.45. The molecule has 1 fully saturated rings. The molecule has 150 valence electrons. The number of hydrogen-bond acceptors (Lipinski definition) is 5. The number of morpholine rings is 1. The second-order valence-electron chi connectivity index (χ2n) is 7.06. The summed E-state index contributed by atoms with van der Waals surface area (Å²) >= 11 is 0. The molecule has 4 rings (SSSR count). The molecular formula is C23H24N2O4. The van der Waals surface area contributed by atoms with Gasteiger partial charge in [0.25, 0.3) is 11.8 Å². The molecule has 2 aliphatic rings. The summed E-state index contributed by atoms with van der Waals surface area (Å²) in [6.45, 7) is 6.69. The average Bonchev–Trinajstić information content (AvgIpc) is 3.00. The molecule has 0 aliphatic carbocycles. The van der Waals surface area contributed by atoms with Gasteiger partial charge < -0.3 is 14.4 Å².